The molecule has 0 radical (unpaired) electrons. The highest BCUT2D eigenvalue weighted by molar-refractivity contribution is 5.73. The largest absolute Gasteiger partial charge is 0.480 e. The zero-order chi connectivity index (χ0) is 14.4. The van der Waals surface area contributed by atoms with Crippen LogP contribution < -0.4 is 11.3 Å². The van der Waals surface area contributed by atoms with E-state index in [-0.39, 0.29) is 17.9 Å². The summed E-state index contributed by atoms with van der Waals surface area (Å²) in [7, 11) is 0. The minimum Gasteiger partial charge on any atom is -0.480 e. The topological polar surface area (TPSA) is 109 Å². The number of nitrogens with two attached hydrogens (primary N) is 1. The molecule has 1 heterocycles. The fourth-order valence-corrected chi connectivity index (χ4v) is 2.27. The second-order valence-electron chi connectivity index (χ2n) is 4.80. The quantitative estimate of drug-likeness (QED) is 0.664. The van der Waals surface area contributed by atoms with Gasteiger partial charge in [-0.2, -0.15) is 5.16 Å². The van der Waals surface area contributed by atoms with Gasteiger partial charge in [0.25, 0.3) is 5.56 Å². The Kier molecular flexibility index (Phi) is 5.82. The van der Waals surface area contributed by atoms with Crippen LogP contribution in [0.3, 0.4) is 0 Å². The first kappa shape index (κ1) is 15.5. The number of hydrogen-bond donors (Lipinski definition) is 3. The SMILES string of the molecule is CCCC(CCC)c1o[nH]c(=O)c1C[C@H](N)C(=O)O. The van der Waals surface area contributed by atoms with Crippen molar-refractivity contribution in [1.29, 1.82) is 0 Å². The maximum atomic E-state index is 11.7. The van der Waals surface area contributed by atoms with Crippen molar-refractivity contribution in [2.75, 3.05) is 0 Å². The van der Waals surface area contributed by atoms with Crippen molar-refractivity contribution in [3.8, 4) is 0 Å². The molecule has 0 amide bonds. The minimum absolute atomic E-state index is 0.000425. The lowest BCUT2D eigenvalue weighted by Crippen LogP contribution is -2.34. The summed E-state index contributed by atoms with van der Waals surface area (Å²) in [6.07, 6.45) is 3.77. The Labute approximate surface area is 112 Å². The molecule has 0 aromatic carbocycles. The lowest BCUT2D eigenvalue weighted by molar-refractivity contribution is -0.138. The van der Waals surface area contributed by atoms with E-state index in [1.807, 2.05) is 0 Å². The fourth-order valence-electron chi connectivity index (χ4n) is 2.27. The second kappa shape index (κ2) is 7.13. The third kappa shape index (κ3) is 3.96. The summed E-state index contributed by atoms with van der Waals surface area (Å²) in [4.78, 5) is 22.5. The first-order valence-corrected chi connectivity index (χ1v) is 6.69. The van der Waals surface area contributed by atoms with E-state index in [0.29, 0.717) is 11.3 Å². The molecule has 6 nitrogen and oxygen atoms in total. The van der Waals surface area contributed by atoms with Crippen LogP contribution in [0.25, 0.3) is 0 Å². The van der Waals surface area contributed by atoms with Gasteiger partial charge in [0.1, 0.15) is 11.8 Å². The Bertz CT molecular complexity index is 457. The van der Waals surface area contributed by atoms with Crippen LogP contribution >= 0.6 is 0 Å². The molecule has 1 aromatic heterocycles. The van der Waals surface area contributed by atoms with E-state index >= 15 is 0 Å². The van der Waals surface area contributed by atoms with E-state index < -0.39 is 12.0 Å². The summed E-state index contributed by atoms with van der Waals surface area (Å²) < 4.78 is 5.26. The van der Waals surface area contributed by atoms with Gasteiger partial charge in [-0.25, -0.2) is 0 Å². The van der Waals surface area contributed by atoms with E-state index in [1.54, 1.807) is 0 Å². The van der Waals surface area contributed by atoms with Crippen molar-refractivity contribution < 1.29 is 14.4 Å². The highest BCUT2D eigenvalue weighted by Gasteiger charge is 2.24. The van der Waals surface area contributed by atoms with E-state index in [4.69, 9.17) is 15.4 Å². The maximum absolute atomic E-state index is 11.7. The molecule has 0 unspecified atom stereocenters. The van der Waals surface area contributed by atoms with Crippen molar-refractivity contribution >= 4 is 5.97 Å². The number of carbonyl (C=O) groups is 1. The second-order valence-corrected chi connectivity index (χ2v) is 4.80. The minimum atomic E-state index is -1.12. The molecule has 6 heteroatoms. The van der Waals surface area contributed by atoms with E-state index in [2.05, 4.69) is 19.0 Å². The molecule has 0 aliphatic carbocycles. The van der Waals surface area contributed by atoms with Gasteiger partial charge in [0.05, 0.1) is 5.56 Å². The van der Waals surface area contributed by atoms with E-state index in [9.17, 15) is 9.59 Å². The molecule has 108 valence electrons. The van der Waals surface area contributed by atoms with Crippen LogP contribution in [0.15, 0.2) is 9.32 Å². The Morgan fingerprint density at radius 1 is 1.37 bits per heavy atom. The number of aliphatic carboxylic acids is 1. The van der Waals surface area contributed by atoms with Crippen LogP contribution in [0.5, 0.6) is 0 Å². The van der Waals surface area contributed by atoms with Crippen molar-refractivity contribution in [1.82, 2.24) is 5.16 Å². The average molecular weight is 270 g/mol. The molecule has 1 atom stereocenters. The summed E-state index contributed by atoms with van der Waals surface area (Å²) in [6, 6.07) is -1.08. The Hall–Kier alpha value is -1.56. The molecule has 19 heavy (non-hydrogen) atoms. The lowest BCUT2D eigenvalue weighted by atomic mass is 9.91. The maximum Gasteiger partial charge on any atom is 0.320 e. The molecular formula is C13H22N2O4. The van der Waals surface area contributed by atoms with E-state index in [0.717, 1.165) is 25.7 Å². The number of aromatic nitrogens is 1. The molecule has 0 spiro atoms. The van der Waals surface area contributed by atoms with Crippen molar-refractivity contribution in [3.63, 3.8) is 0 Å². The number of carboxylic acids is 1. The molecule has 4 N–H and O–H groups in total. The highest BCUT2D eigenvalue weighted by Crippen LogP contribution is 2.28. The standard InChI is InChI=1S/C13H22N2O4/c1-3-5-8(6-4-2)11-9(12(16)15-19-11)7-10(14)13(17)18/h8,10H,3-7,14H2,1-2H3,(H,15,16)(H,17,18)/t10-/m0/s1. The number of carboxylic acid groups (broad SMARTS) is 1. The van der Waals surface area contributed by atoms with Crippen molar-refractivity contribution in [2.24, 2.45) is 5.73 Å². The third-order valence-corrected chi connectivity index (χ3v) is 3.21. The Morgan fingerprint density at radius 2 is 1.95 bits per heavy atom. The van der Waals surface area contributed by atoms with Gasteiger partial charge in [-0.3, -0.25) is 9.59 Å². The van der Waals surface area contributed by atoms with Gasteiger partial charge in [0.15, 0.2) is 0 Å². The van der Waals surface area contributed by atoms with Crippen LogP contribution in [-0.4, -0.2) is 22.3 Å². The van der Waals surface area contributed by atoms with Crippen LogP contribution in [0.4, 0.5) is 0 Å². The first-order valence-electron chi connectivity index (χ1n) is 6.69. The van der Waals surface area contributed by atoms with Crippen molar-refractivity contribution in [2.45, 2.75) is 57.9 Å². The predicted molar refractivity (Wildman–Crippen MR) is 71.2 cm³/mol. The molecule has 0 aliphatic heterocycles. The van der Waals surface area contributed by atoms with Gasteiger partial charge in [-0.05, 0) is 12.8 Å². The number of aromatic amines is 1. The van der Waals surface area contributed by atoms with Gasteiger partial charge >= 0.3 is 5.97 Å². The molecule has 0 bridgehead atoms. The zero-order valence-electron chi connectivity index (χ0n) is 11.4. The number of nitrogens with one attached hydrogen (secondary N) is 1. The molecule has 0 aliphatic rings. The van der Waals surface area contributed by atoms with Gasteiger partial charge in [0.2, 0.25) is 0 Å². The van der Waals surface area contributed by atoms with Gasteiger partial charge in [0, 0.05) is 12.3 Å². The summed E-state index contributed by atoms with van der Waals surface area (Å²) in [5.41, 5.74) is 5.50. The zero-order valence-corrected chi connectivity index (χ0v) is 11.4. The number of hydrogen-bond acceptors (Lipinski definition) is 4. The summed E-state index contributed by atoms with van der Waals surface area (Å²) in [5, 5.41) is 11.1. The van der Waals surface area contributed by atoms with E-state index in [1.165, 1.54) is 0 Å². The van der Waals surface area contributed by atoms with Crippen LogP contribution in [0.1, 0.15) is 56.8 Å². The smallest absolute Gasteiger partial charge is 0.320 e. The summed E-state index contributed by atoms with van der Waals surface area (Å²) in [5.74, 6) is -0.399. The molecule has 0 saturated carbocycles. The average Bonchev–Trinajstić information content (AvgIpc) is 2.71. The summed E-state index contributed by atoms with van der Waals surface area (Å²) in [6.45, 7) is 4.13. The predicted octanol–water partition coefficient (Wildman–Crippen LogP) is 1.61. The normalized spacial score (nSPS) is 12.8. The van der Waals surface area contributed by atoms with Crippen LogP contribution in [0.2, 0.25) is 0 Å². The third-order valence-electron chi connectivity index (χ3n) is 3.21. The van der Waals surface area contributed by atoms with Crippen LogP contribution in [0, 0.1) is 0 Å². The van der Waals surface area contributed by atoms with Crippen molar-refractivity contribution in [3.05, 3.63) is 21.7 Å². The summed E-state index contributed by atoms with van der Waals surface area (Å²) >= 11 is 0. The number of rotatable bonds is 8. The van der Waals surface area contributed by atoms with Gasteiger partial charge in [-0.15, -0.1) is 0 Å². The highest BCUT2D eigenvalue weighted by atomic mass is 16.5. The molecule has 1 aromatic rings. The fraction of sp³-hybridized carbons (Fsp3) is 0.692. The van der Waals surface area contributed by atoms with Crippen LogP contribution in [-0.2, 0) is 11.2 Å². The van der Waals surface area contributed by atoms with Gasteiger partial charge in [-0.1, -0.05) is 26.7 Å². The molecule has 0 fully saturated rings. The monoisotopic (exact) mass is 270 g/mol. The first-order chi connectivity index (χ1) is 9.01. The molecule has 1 rings (SSSR count). The molecule has 0 saturated heterocycles. The lowest BCUT2D eigenvalue weighted by Gasteiger charge is -2.14. The Balaban J connectivity index is 3.00. The molecular weight excluding hydrogens is 248 g/mol. The number of H-pyrrole nitrogens is 1. The van der Waals surface area contributed by atoms with Gasteiger partial charge < -0.3 is 15.4 Å². The Morgan fingerprint density at radius 3 is 2.42 bits per heavy atom.